The van der Waals surface area contributed by atoms with E-state index in [4.69, 9.17) is 15.2 Å². The molecule has 0 saturated carbocycles. The van der Waals surface area contributed by atoms with Crippen LogP contribution in [0.5, 0.6) is 0 Å². The van der Waals surface area contributed by atoms with E-state index in [1.807, 2.05) is 50.3 Å². The summed E-state index contributed by atoms with van der Waals surface area (Å²) in [6.45, 7) is 3.79. The number of benzene rings is 3. The minimum absolute atomic E-state index is 0.250. The van der Waals surface area contributed by atoms with Gasteiger partial charge in [0.1, 0.15) is 12.1 Å². The lowest BCUT2D eigenvalue weighted by molar-refractivity contribution is -0.108. The van der Waals surface area contributed by atoms with Gasteiger partial charge in [0.05, 0.1) is 12.0 Å². The Balaban J connectivity index is 0.000000592. The Labute approximate surface area is 305 Å². The molecule has 51 heavy (non-hydrogen) atoms. The number of aromatic nitrogens is 1. The number of primary amides is 1. The summed E-state index contributed by atoms with van der Waals surface area (Å²) >= 11 is 0. The number of aldehydes is 1. The van der Waals surface area contributed by atoms with Crippen LogP contribution in [-0.2, 0) is 16.1 Å². The predicted octanol–water partition coefficient (Wildman–Crippen LogP) is 8.48. The Kier molecular flexibility index (Phi) is 21.1. The van der Waals surface area contributed by atoms with Crippen LogP contribution in [0.4, 0.5) is 5.82 Å². The van der Waals surface area contributed by atoms with Crippen molar-refractivity contribution in [1.82, 2.24) is 14.8 Å². The van der Waals surface area contributed by atoms with E-state index >= 15 is 0 Å². The van der Waals surface area contributed by atoms with Gasteiger partial charge in [0, 0.05) is 56.4 Å². The van der Waals surface area contributed by atoms with Gasteiger partial charge >= 0.3 is 0 Å². The van der Waals surface area contributed by atoms with Crippen molar-refractivity contribution < 1.29 is 9.59 Å². The third kappa shape index (κ3) is 15.0. The third-order valence-corrected chi connectivity index (χ3v) is 7.84. The number of aliphatic imine (C=N–C) groups is 1. The molecule has 1 heterocycles. The lowest BCUT2D eigenvalue weighted by Crippen LogP contribution is -2.08. The molecule has 3 aromatic carbocycles. The monoisotopic (exact) mass is 688 g/mol. The van der Waals surface area contributed by atoms with Gasteiger partial charge in [-0.15, -0.1) is 0 Å². The molecule has 0 aliphatic rings. The standard InChI is InChI=1S/C33H35N5.C9H18O.CH3NO/c1-35-21-12-6-7-14-26-15-13-16-27(22-26)24-38-32(29-19-10-5-11-20-29)31(28-17-8-4-9-18-28)30(23-34)33(38)36-25-37(2)3;1-2-3-4-5-6-7-8-9-10;2-1-3/h4-5,8-11,13,15-20,22-23,25,34-35H,6,12,21,24H2,1-3H3;9H,2-8H2,1H3;1H,(H2,2,3)/b34-23?,36-25-;;. The van der Waals surface area contributed by atoms with E-state index in [1.54, 1.807) is 6.34 Å². The molecule has 0 aliphatic heterocycles. The molecule has 4 rings (SSSR count). The minimum Gasteiger partial charge on any atom is -0.372 e. The quantitative estimate of drug-likeness (QED) is 0.0339. The summed E-state index contributed by atoms with van der Waals surface area (Å²) in [5, 5.41) is 11.6. The lowest BCUT2D eigenvalue weighted by atomic mass is 9.98. The van der Waals surface area contributed by atoms with Crippen LogP contribution in [0, 0.1) is 17.3 Å². The first kappa shape index (κ1) is 41.9. The Hall–Kier alpha value is -5.26. The van der Waals surface area contributed by atoms with E-state index in [1.165, 1.54) is 38.3 Å². The van der Waals surface area contributed by atoms with E-state index < -0.39 is 0 Å². The Morgan fingerprint density at radius 3 is 2.14 bits per heavy atom. The van der Waals surface area contributed by atoms with Gasteiger partial charge < -0.3 is 30.7 Å². The van der Waals surface area contributed by atoms with Gasteiger partial charge in [0.15, 0.2) is 0 Å². The maximum absolute atomic E-state index is 9.89. The highest BCUT2D eigenvalue weighted by Crippen LogP contribution is 2.42. The van der Waals surface area contributed by atoms with Crippen LogP contribution >= 0.6 is 0 Å². The minimum atomic E-state index is 0.250. The summed E-state index contributed by atoms with van der Waals surface area (Å²) in [6, 6.07) is 29.1. The molecule has 4 N–H and O–H groups in total. The number of nitrogens with two attached hydrogens (primary N) is 1. The number of rotatable bonds is 17. The van der Waals surface area contributed by atoms with Gasteiger partial charge in [0.25, 0.3) is 0 Å². The normalized spacial score (nSPS) is 10.2. The smallest absolute Gasteiger partial charge is 0.204 e. The fourth-order valence-electron chi connectivity index (χ4n) is 5.48. The van der Waals surface area contributed by atoms with Crippen LogP contribution in [0.2, 0.25) is 0 Å². The zero-order chi connectivity index (χ0) is 37.1. The first-order valence-corrected chi connectivity index (χ1v) is 17.8. The molecule has 8 heteroatoms. The number of hydrogen-bond acceptors (Lipinski definition) is 5. The number of carbonyl (C=O) groups excluding carboxylic acids is 2. The summed E-state index contributed by atoms with van der Waals surface area (Å²) < 4.78 is 2.23. The van der Waals surface area contributed by atoms with Crippen molar-refractivity contribution in [3.8, 4) is 34.2 Å². The van der Waals surface area contributed by atoms with Gasteiger partial charge in [0.2, 0.25) is 6.41 Å². The molecule has 0 fully saturated rings. The van der Waals surface area contributed by atoms with Gasteiger partial charge in [-0.1, -0.05) is 124 Å². The Bertz CT molecular complexity index is 1670. The van der Waals surface area contributed by atoms with E-state index in [0.29, 0.717) is 6.54 Å². The summed E-state index contributed by atoms with van der Waals surface area (Å²) in [5.74, 6) is 7.38. The fraction of sp³-hybridized carbons (Fsp3) is 0.349. The van der Waals surface area contributed by atoms with Gasteiger partial charge in [-0.3, -0.25) is 4.79 Å². The van der Waals surface area contributed by atoms with Gasteiger partial charge in [-0.05, 0) is 55.3 Å². The summed E-state index contributed by atoms with van der Waals surface area (Å²) in [7, 11) is 5.87. The first-order chi connectivity index (χ1) is 24.9. The Morgan fingerprint density at radius 1 is 0.882 bits per heavy atom. The topological polar surface area (TPSA) is 117 Å². The number of nitrogens with zero attached hydrogens (tertiary/aromatic N) is 3. The molecule has 1 amide bonds. The van der Waals surface area contributed by atoms with E-state index in [0.717, 1.165) is 83.4 Å². The van der Waals surface area contributed by atoms with Gasteiger partial charge in [-0.2, -0.15) is 0 Å². The number of carbonyl (C=O) groups is 2. The van der Waals surface area contributed by atoms with Crippen LogP contribution < -0.4 is 11.1 Å². The highest BCUT2D eigenvalue weighted by molar-refractivity contribution is 6.02. The molecule has 0 bridgehead atoms. The molecular weight excluding hydrogens is 633 g/mol. The SMILES string of the molecule is CCCCCCCCC=O.CNCCCC#Cc1cccc(Cn2c(/N=C\N(C)C)c(C=N)c(-c3ccccc3)c2-c2ccccc2)c1.NC=O. The van der Waals surface area contributed by atoms with Crippen molar-refractivity contribution in [3.63, 3.8) is 0 Å². The molecule has 8 nitrogen and oxygen atoms in total. The maximum atomic E-state index is 9.89. The van der Waals surface area contributed by atoms with E-state index in [9.17, 15) is 4.79 Å². The largest absolute Gasteiger partial charge is 0.372 e. The molecule has 0 saturated heterocycles. The molecule has 0 atom stereocenters. The van der Waals surface area contributed by atoms with E-state index in [-0.39, 0.29) is 6.41 Å². The van der Waals surface area contributed by atoms with Crippen LogP contribution in [-0.4, -0.2) is 62.4 Å². The molecular formula is C43H56N6O2. The average molecular weight is 689 g/mol. The van der Waals surface area contributed by atoms with Crippen molar-refractivity contribution in [2.45, 2.75) is 71.3 Å². The molecule has 0 radical (unpaired) electrons. The molecule has 1 aromatic heterocycles. The second kappa shape index (κ2) is 25.7. The molecule has 4 aromatic rings. The highest BCUT2D eigenvalue weighted by Gasteiger charge is 2.24. The maximum Gasteiger partial charge on any atom is 0.204 e. The van der Waals surface area contributed by atoms with Gasteiger partial charge in [-0.25, -0.2) is 4.99 Å². The van der Waals surface area contributed by atoms with Crippen molar-refractivity contribution in [2.75, 3.05) is 27.7 Å². The lowest BCUT2D eigenvalue weighted by Gasteiger charge is -2.14. The van der Waals surface area contributed by atoms with Crippen LogP contribution in [0.25, 0.3) is 22.4 Å². The fourth-order valence-corrected chi connectivity index (χ4v) is 5.48. The first-order valence-electron chi connectivity index (χ1n) is 17.8. The highest BCUT2D eigenvalue weighted by atomic mass is 16.1. The van der Waals surface area contributed by atoms with Crippen LogP contribution in [0.3, 0.4) is 0 Å². The van der Waals surface area contributed by atoms with E-state index in [2.05, 4.69) is 95.0 Å². The van der Waals surface area contributed by atoms with Crippen LogP contribution in [0.1, 0.15) is 81.4 Å². The van der Waals surface area contributed by atoms with Crippen molar-refractivity contribution in [1.29, 1.82) is 5.41 Å². The predicted molar refractivity (Wildman–Crippen MR) is 215 cm³/mol. The second-order valence-electron chi connectivity index (χ2n) is 12.2. The molecule has 0 unspecified atom stereocenters. The molecule has 0 spiro atoms. The second-order valence-corrected chi connectivity index (χ2v) is 12.2. The zero-order valence-electron chi connectivity index (χ0n) is 30.9. The van der Waals surface area contributed by atoms with Crippen molar-refractivity contribution in [2.24, 2.45) is 10.7 Å². The zero-order valence-corrected chi connectivity index (χ0v) is 30.9. The summed E-state index contributed by atoms with van der Waals surface area (Å²) in [6.07, 6.45) is 14.8. The Morgan fingerprint density at radius 2 is 1.53 bits per heavy atom. The molecule has 0 aliphatic carbocycles. The van der Waals surface area contributed by atoms with Crippen molar-refractivity contribution in [3.05, 3.63) is 102 Å². The number of amides is 1. The van der Waals surface area contributed by atoms with Crippen molar-refractivity contribution >= 4 is 31.1 Å². The van der Waals surface area contributed by atoms with Crippen LogP contribution in [0.15, 0.2) is 89.9 Å². The number of unbranched alkanes of at least 4 members (excludes halogenated alkanes) is 7. The number of hydrogen-bond donors (Lipinski definition) is 3. The summed E-state index contributed by atoms with van der Waals surface area (Å²) in [5.41, 5.74) is 11.3. The third-order valence-electron chi connectivity index (χ3n) is 7.84. The molecule has 270 valence electrons. The summed E-state index contributed by atoms with van der Waals surface area (Å²) in [4.78, 5) is 25.3. The average Bonchev–Trinajstić information content (AvgIpc) is 3.46. The number of nitrogens with one attached hydrogen (secondary N) is 2.